The maximum Gasteiger partial charge on any atom is 0.255 e. The van der Waals surface area contributed by atoms with Gasteiger partial charge in [0, 0.05) is 12.1 Å². The Balaban J connectivity index is 1.81. The lowest BCUT2D eigenvalue weighted by molar-refractivity contribution is -0.148. The maximum absolute atomic E-state index is 12.5. The molecule has 1 aromatic carbocycles. The lowest BCUT2D eigenvalue weighted by atomic mass is 10.1. The minimum atomic E-state index is -1.47. The van der Waals surface area contributed by atoms with Crippen molar-refractivity contribution >= 4 is 27.5 Å². The molecule has 0 saturated carbocycles. The number of hydrogen-bond donors (Lipinski definition) is 2. The topological polar surface area (TPSA) is 73.7 Å². The normalized spacial score (nSPS) is 24.6. The van der Waals surface area contributed by atoms with Gasteiger partial charge in [-0.25, -0.2) is 4.98 Å². The number of aliphatic hydroxyl groups is 2. The Labute approximate surface area is 133 Å². The van der Waals surface area contributed by atoms with E-state index in [4.69, 9.17) is 0 Å². The third kappa shape index (κ3) is 2.62. The fourth-order valence-corrected chi connectivity index (χ4v) is 4.05. The second-order valence-corrected chi connectivity index (χ2v) is 6.99. The Hall–Kier alpha value is -1.50. The third-order valence-electron chi connectivity index (χ3n) is 4.32. The SMILES string of the molecule is C[C@@H]1CC[C@H](C)N1C(=O)[C@H](O)[C@@H](O)c1nc2ccccc2s1. The first-order chi connectivity index (χ1) is 10.5. The molecule has 2 aromatic rings. The van der Waals surface area contributed by atoms with Crippen molar-refractivity contribution < 1.29 is 15.0 Å². The summed E-state index contributed by atoms with van der Waals surface area (Å²) in [5.74, 6) is -0.413. The Morgan fingerprint density at radius 3 is 2.55 bits per heavy atom. The van der Waals surface area contributed by atoms with E-state index in [1.807, 2.05) is 38.1 Å². The molecule has 1 saturated heterocycles. The second kappa shape index (κ2) is 5.95. The molecule has 1 aromatic heterocycles. The Morgan fingerprint density at radius 2 is 1.91 bits per heavy atom. The maximum atomic E-state index is 12.5. The molecule has 4 atom stereocenters. The summed E-state index contributed by atoms with van der Waals surface area (Å²) < 4.78 is 0.930. The van der Waals surface area contributed by atoms with E-state index >= 15 is 0 Å². The van der Waals surface area contributed by atoms with E-state index in [0.717, 1.165) is 23.1 Å². The molecule has 5 nitrogen and oxygen atoms in total. The van der Waals surface area contributed by atoms with Crippen LogP contribution in [0.5, 0.6) is 0 Å². The van der Waals surface area contributed by atoms with E-state index in [1.54, 1.807) is 4.90 Å². The smallest absolute Gasteiger partial charge is 0.255 e. The number of nitrogens with zero attached hydrogens (tertiary/aromatic N) is 2. The molecule has 6 heteroatoms. The van der Waals surface area contributed by atoms with Crippen molar-refractivity contribution in [3.8, 4) is 0 Å². The molecule has 1 aliphatic heterocycles. The average molecular weight is 320 g/mol. The Morgan fingerprint density at radius 1 is 1.27 bits per heavy atom. The van der Waals surface area contributed by atoms with Gasteiger partial charge < -0.3 is 15.1 Å². The van der Waals surface area contributed by atoms with Crippen LogP contribution in [0.3, 0.4) is 0 Å². The van der Waals surface area contributed by atoms with Crippen molar-refractivity contribution in [2.24, 2.45) is 0 Å². The number of carbonyl (C=O) groups is 1. The second-order valence-electron chi connectivity index (χ2n) is 5.93. The summed E-state index contributed by atoms with van der Waals surface area (Å²) in [4.78, 5) is 18.5. The fourth-order valence-electron chi connectivity index (χ4n) is 3.07. The number of aliphatic hydroxyl groups excluding tert-OH is 2. The average Bonchev–Trinajstić information content (AvgIpc) is 3.08. The number of para-hydroxylation sites is 1. The molecule has 0 unspecified atom stereocenters. The lowest BCUT2D eigenvalue weighted by Gasteiger charge is -2.29. The highest BCUT2D eigenvalue weighted by molar-refractivity contribution is 7.18. The van der Waals surface area contributed by atoms with E-state index in [9.17, 15) is 15.0 Å². The van der Waals surface area contributed by atoms with Crippen molar-refractivity contribution in [3.63, 3.8) is 0 Å². The van der Waals surface area contributed by atoms with Gasteiger partial charge in [0.1, 0.15) is 11.1 Å². The van der Waals surface area contributed by atoms with Crippen LogP contribution in [0.4, 0.5) is 0 Å². The zero-order valence-electron chi connectivity index (χ0n) is 12.6. The van der Waals surface area contributed by atoms with Crippen LogP contribution < -0.4 is 0 Å². The van der Waals surface area contributed by atoms with Crippen LogP contribution in [0.25, 0.3) is 10.2 Å². The van der Waals surface area contributed by atoms with Crippen LogP contribution in [-0.4, -0.2) is 44.2 Å². The van der Waals surface area contributed by atoms with Gasteiger partial charge >= 0.3 is 0 Å². The molecule has 0 bridgehead atoms. The highest BCUT2D eigenvalue weighted by Crippen LogP contribution is 2.30. The van der Waals surface area contributed by atoms with Crippen molar-refractivity contribution in [1.29, 1.82) is 0 Å². The predicted molar refractivity (Wildman–Crippen MR) is 85.6 cm³/mol. The van der Waals surface area contributed by atoms with Gasteiger partial charge in [0.2, 0.25) is 0 Å². The molecule has 118 valence electrons. The van der Waals surface area contributed by atoms with Crippen molar-refractivity contribution in [2.45, 2.75) is 51.0 Å². The summed E-state index contributed by atoms with van der Waals surface area (Å²) in [6.07, 6.45) is -0.901. The van der Waals surface area contributed by atoms with Crippen LogP contribution in [0.1, 0.15) is 37.8 Å². The molecular formula is C16H20N2O3S. The van der Waals surface area contributed by atoms with Gasteiger partial charge in [0.25, 0.3) is 5.91 Å². The zero-order chi connectivity index (χ0) is 15.9. The van der Waals surface area contributed by atoms with Crippen molar-refractivity contribution in [2.75, 3.05) is 0 Å². The molecule has 2 N–H and O–H groups in total. The largest absolute Gasteiger partial charge is 0.383 e. The first-order valence-electron chi connectivity index (χ1n) is 7.53. The molecule has 22 heavy (non-hydrogen) atoms. The van der Waals surface area contributed by atoms with Gasteiger partial charge in [-0.15, -0.1) is 11.3 Å². The molecule has 0 aliphatic carbocycles. The lowest BCUT2D eigenvalue weighted by Crippen LogP contribution is -2.46. The summed E-state index contributed by atoms with van der Waals surface area (Å²) >= 11 is 1.30. The molecule has 3 rings (SSSR count). The number of carbonyl (C=O) groups excluding carboxylic acids is 1. The number of likely N-dealkylation sites (tertiary alicyclic amines) is 1. The molecule has 1 aliphatic rings. The summed E-state index contributed by atoms with van der Waals surface area (Å²) in [5, 5.41) is 21.0. The highest BCUT2D eigenvalue weighted by Gasteiger charge is 2.38. The van der Waals surface area contributed by atoms with Crippen LogP contribution in [0.2, 0.25) is 0 Å². The van der Waals surface area contributed by atoms with Crippen LogP contribution in [0.15, 0.2) is 24.3 Å². The van der Waals surface area contributed by atoms with Crippen molar-refractivity contribution in [3.05, 3.63) is 29.3 Å². The number of rotatable bonds is 3. The molecule has 1 fully saturated rings. The highest BCUT2D eigenvalue weighted by atomic mass is 32.1. The van der Waals surface area contributed by atoms with Crippen LogP contribution in [-0.2, 0) is 4.79 Å². The molecular weight excluding hydrogens is 300 g/mol. The van der Waals surface area contributed by atoms with E-state index in [2.05, 4.69) is 4.98 Å². The number of benzene rings is 1. The Bertz CT molecular complexity index is 644. The number of aromatic nitrogens is 1. The van der Waals surface area contributed by atoms with Crippen LogP contribution in [0, 0.1) is 0 Å². The number of thiazole rings is 1. The standard InChI is InChI=1S/C16H20N2O3S/c1-9-7-8-10(2)18(9)16(21)14(20)13(19)15-17-11-5-3-4-6-12(11)22-15/h3-6,9-10,13-14,19-20H,7-8H2,1-2H3/t9-,10+,13-,14-/m1/s1. The predicted octanol–water partition coefficient (Wildman–Crippen LogP) is 2.09. The first-order valence-corrected chi connectivity index (χ1v) is 8.34. The minimum absolute atomic E-state index is 0.0970. The number of hydrogen-bond acceptors (Lipinski definition) is 5. The van der Waals surface area contributed by atoms with Crippen LogP contribution >= 0.6 is 11.3 Å². The van der Waals surface area contributed by atoms with Gasteiger partial charge in [-0.2, -0.15) is 0 Å². The fraction of sp³-hybridized carbons (Fsp3) is 0.500. The van der Waals surface area contributed by atoms with E-state index in [0.29, 0.717) is 5.01 Å². The zero-order valence-corrected chi connectivity index (χ0v) is 13.5. The minimum Gasteiger partial charge on any atom is -0.383 e. The molecule has 0 spiro atoms. The van der Waals surface area contributed by atoms with Gasteiger partial charge in [-0.05, 0) is 38.8 Å². The van der Waals surface area contributed by atoms with Gasteiger partial charge in [-0.3, -0.25) is 4.79 Å². The molecule has 0 radical (unpaired) electrons. The summed E-state index contributed by atoms with van der Waals surface area (Å²) in [6.45, 7) is 3.94. The molecule has 2 heterocycles. The number of amides is 1. The van der Waals surface area contributed by atoms with E-state index in [1.165, 1.54) is 11.3 Å². The van der Waals surface area contributed by atoms with E-state index in [-0.39, 0.29) is 12.1 Å². The van der Waals surface area contributed by atoms with Gasteiger partial charge in [-0.1, -0.05) is 12.1 Å². The summed E-state index contributed by atoms with van der Waals surface area (Å²) in [5.41, 5.74) is 0.768. The first kappa shape index (κ1) is 15.4. The molecule has 1 amide bonds. The Kier molecular flexibility index (Phi) is 4.16. The third-order valence-corrected chi connectivity index (χ3v) is 5.43. The number of fused-ring (bicyclic) bond motifs is 1. The summed E-state index contributed by atoms with van der Waals surface area (Å²) in [6, 6.07) is 7.71. The van der Waals surface area contributed by atoms with Gasteiger partial charge in [0.15, 0.2) is 6.10 Å². The monoisotopic (exact) mass is 320 g/mol. The van der Waals surface area contributed by atoms with Gasteiger partial charge in [0.05, 0.1) is 10.2 Å². The van der Waals surface area contributed by atoms with Crippen molar-refractivity contribution in [1.82, 2.24) is 9.88 Å². The quantitative estimate of drug-likeness (QED) is 0.908. The van der Waals surface area contributed by atoms with E-state index < -0.39 is 18.1 Å². The summed E-state index contributed by atoms with van der Waals surface area (Å²) in [7, 11) is 0.